The molecule has 0 radical (unpaired) electrons. The number of carboxylic acid groups (broad SMARTS) is 1. The Morgan fingerprint density at radius 2 is 1.77 bits per heavy atom. The normalized spacial score (nSPS) is 16.9. The molecule has 3 aromatic rings. The lowest BCUT2D eigenvalue weighted by Gasteiger charge is -2.34. The Morgan fingerprint density at radius 1 is 1.03 bits per heavy atom. The number of urea groups is 1. The number of carbonyl (C=O) groups is 3. The second-order valence-corrected chi connectivity index (χ2v) is 8.93. The fourth-order valence-corrected chi connectivity index (χ4v) is 4.48. The van der Waals surface area contributed by atoms with Crippen molar-refractivity contribution in [1.29, 1.82) is 0 Å². The maximum atomic E-state index is 14.8. The molecule has 1 atom stereocenters. The molecule has 0 fully saturated rings. The van der Waals surface area contributed by atoms with Crippen LogP contribution in [0.2, 0.25) is 5.02 Å². The zero-order valence-corrected chi connectivity index (χ0v) is 19.2. The topological polar surface area (TPSA) is 116 Å². The predicted molar refractivity (Wildman–Crippen MR) is 130 cm³/mol. The number of ketones is 1. The van der Waals surface area contributed by atoms with Gasteiger partial charge in [0, 0.05) is 16.3 Å². The number of carbonyl (C=O) groups excluding carboxylic acids is 2. The van der Waals surface area contributed by atoms with E-state index < -0.39 is 42.0 Å². The number of rotatable bonds is 6. The Kier molecular flexibility index (Phi) is 6.86. The number of nitrogens with one attached hydrogen (secondary N) is 2. The van der Waals surface area contributed by atoms with Gasteiger partial charge < -0.3 is 20.8 Å². The van der Waals surface area contributed by atoms with Crippen LogP contribution >= 0.6 is 11.6 Å². The second-order valence-electron chi connectivity index (χ2n) is 8.49. The van der Waals surface area contributed by atoms with Crippen molar-refractivity contribution in [3.8, 4) is 11.1 Å². The molecular weight excluding hydrogens is 475 g/mol. The van der Waals surface area contributed by atoms with E-state index >= 15 is 0 Å². The van der Waals surface area contributed by atoms with E-state index in [9.17, 15) is 29.0 Å². The summed E-state index contributed by atoms with van der Waals surface area (Å²) in [5.41, 5.74) is 1.42. The SMILES string of the molecule is O=C(O)C[C@]1(CO)CCc2cc(-c3ccc(NC(=O)Nc4cccc(Cl)c4)c(F)c3)ccc2C1=O. The summed E-state index contributed by atoms with van der Waals surface area (Å²) >= 11 is 5.90. The van der Waals surface area contributed by atoms with Gasteiger partial charge in [-0.25, -0.2) is 9.18 Å². The number of amides is 2. The molecule has 4 N–H and O–H groups in total. The van der Waals surface area contributed by atoms with Crippen LogP contribution < -0.4 is 10.6 Å². The van der Waals surface area contributed by atoms with E-state index in [-0.39, 0.29) is 12.1 Å². The van der Waals surface area contributed by atoms with Crippen molar-refractivity contribution < 1.29 is 29.0 Å². The number of hydrogen-bond acceptors (Lipinski definition) is 4. The molecule has 2 amide bonds. The van der Waals surface area contributed by atoms with Crippen LogP contribution in [0.5, 0.6) is 0 Å². The summed E-state index contributed by atoms with van der Waals surface area (Å²) in [4.78, 5) is 36.4. The molecule has 0 saturated heterocycles. The van der Waals surface area contributed by atoms with Crippen LogP contribution in [0.1, 0.15) is 28.8 Å². The highest BCUT2D eigenvalue weighted by Crippen LogP contribution is 2.39. The summed E-state index contributed by atoms with van der Waals surface area (Å²) in [6, 6.07) is 15.3. The first kappa shape index (κ1) is 24.4. The fraction of sp³-hybridized carbons (Fsp3) is 0.192. The summed E-state index contributed by atoms with van der Waals surface area (Å²) in [5.74, 6) is -2.18. The van der Waals surface area contributed by atoms with Crippen molar-refractivity contribution in [1.82, 2.24) is 0 Å². The average molecular weight is 497 g/mol. The molecule has 4 rings (SSSR count). The van der Waals surface area contributed by atoms with Gasteiger partial charge in [0.05, 0.1) is 24.1 Å². The fourth-order valence-electron chi connectivity index (χ4n) is 4.29. The van der Waals surface area contributed by atoms with E-state index in [0.717, 1.165) is 0 Å². The van der Waals surface area contributed by atoms with Crippen LogP contribution in [0, 0.1) is 11.2 Å². The Hall–Kier alpha value is -3.75. The summed E-state index contributed by atoms with van der Waals surface area (Å²) in [5, 5.41) is 24.4. The van der Waals surface area contributed by atoms with Crippen LogP contribution in [0.25, 0.3) is 11.1 Å². The lowest BCUT2D eigenvalue weighted by Crippen LogP contribution is -2.41. The molecule has 1 aliphatic carbocycles. The minimum absolute atomic E-state index is 0.0113. The van der Waals surface area contributed by atoms with Gasteiger partial charge in [-0.2, -0.15) is 0 Å². The van der Waals surface area contributed by atoms with Crippen molar-refractivity contribution in [3.05, 3.63) is 82.6 Å². The maximum absolute atomic E-state index is 14.8. The molecule has 9 heteroatoms. The number of carboxylic acids is 1. The third kappa shape index (κ3) is 5.18. The Bertz CT molecular complexity index is 1330. The number of fused-ring (bicyclic) bond motifs is 1. The highest BCUT2D eigenvalue weighted by Gasteiger charge is 2.43. The number of aryl methyl sites for hydroxylation is 1. The predicted octanol–water partition coefficient (Wildman–Crippen LogP) is 5.37. The van der Waals surface area contributed by atoms with Crippen molar-refractivity contribution >= 4 is 40.8 Å². The molecular formula is C26H22ClFN2O5. The number of halogens is 2. The van der Waals surface area contributed by atoms with E-state index in [1.807, 2.05) is 0 Å². The lowest BCUT2D eigenvalue weighted by molar-refractivity contribution is -0.139. The minimum Gasteiger partial charge on any atom is -0.481 e. The quantitative estimate of drug-likeness (QED) is 0.366. The van der Waals surface area contributed by atoms with Gasteiger partial charge in [-0.3, -0.25) is 9.59 Å². The highest BCUT2D eigenvalue weighted by atomic mass is 35.5. The molecule has 0 heterocycles. The number of Topliss-reactive ketones (excluding diaryl/α,β-unsaturated/α-hetero) is 1. The molecule has 7 nitrogen and oxygen atoms in total. The van der Waals surface area contributed by atoms with Gasteiger partial charge in [-0.15, -0.1) is 0 Å². The van der Waals surface area contributed by atoms with Crippen LogP contribution in [-0.2, 0) is 11.2 Å². The Labute approximate surface area is 205 Å². The van der Waals surface area contributed by atoms with Crippen LogP contribution in [0.4, 0.5) is 20.6 Å². The average Bonchev–Trinajstić information content (AvgIpc) is 2.82. The first-order chi connectivity index (χ1) is 16.7. The Balaban J connectivity index is 1.52. The van der Waals surface area contributed by atoms with Crippen molar-refractivity contribution in [2.75, 3.05) is 17.2 Å². The molecule has 35 heavy (non-hydrogen) atoms. The van der Waals surface area contributed by atoms with E-state index in [1.165, 1.54) is 12.1 Å². The molecule has 0 unspecified atom stereocenters. The number of aliphatic carboxylic acids is 1. The summed E-state index contributed by atoms with van der Waals surface area (Å²) in [6.07, 6.45) is 0.187. The molecule has 180 valence electrons. The standard InChI is InChI=1S/C26H22ClFN2O5/c27-18-2-1-3-19(12-18)29-25(35)30-22-7-5-16(11-21(22)28)15-4-6-20-17(10-15)8-9-26(14-31,24(20)34)13-23(32)33/h1-7,10-12,31H,8-9,13-14H2,(H,32,33)(H2,29,30,35)/t26-/m0/s1. The lowest BCUT2D eigenvalue weighted by atomic mass is 9.68. The zero-order chi connectivity index (χ0) is 25.2. The monoisotopic (exact) mass is 496 g/mol. The summed E-state index contributed by atoms with van der Waals surface area (Å²) in [7, 11) is 0. The van der Waals surface area contributed by atoms with E-state index in [0.29, 0.717) is 39.4 Å². The number of hydrogen-bond donors (Lipinski definition) is 4. The molecule has 0 bridgehead atoms. The summed E-state index contributed by atoms with van der Waals surface area (Å²) < 4.78 is 14.8. The largest absolute Gasteiger partial charge is 0.481 e. The highest BCUT2D eigenvalue weighted by molar-refractivity contribution is 6.30. The van der Waals surface area contributed by atoms with Crippen LogP contribution in [0.15, 0.2) is 60.7 Å². The van der Waals surface area contributed by atoms with Gasteiger partial charge in [-0.05, 0) is 59.9 Å². The van der Waals surface area contributed by atoms with Crippen molar-refractivity contribution in [2.24, 2.45) is 5.41 Å². The van der Waals surface area contributed by atoms with Gasteiger partial charge in [0.15, 0.2) is 5.78 Å². The van der Waals surface area contributed by atoms with E-state index in [2.05, 4.69) is 10.6 Å². The van der Waals surface area contributed by atoms with E-state index in [4.69, 9.17) is 11.6 Å². The van der Waals surface area contributed by atoms with Crippen LogP contribution in [0.3, 0.4) is 0 Å². The number of aliphatic hydroxyl groups is 1. The molecule has 1 aliphatic rings. The third-order valence-electron chi connectivity index (χ3n) is 6.13. The summed E-state index contributed by atoms with van der Waals surface area (Å²) in [6.45, 7) is -0.538. The number of benzene rings is 3. The Morgan fingerprint density at radius 3 is 2.46 bits per heavy atom. The first-order valence-electron chi connectivity index (χ1n) is 10.8. The smallest absolute Gasteiger partial charge is 0.323 e. The minimum atomic E-state index is -1.33. The molecule has 0 spiro atoms. The maximum Gasteiger partial charge on any atom is 0.323 e. The van der Waals surface area contributed by atoms with Crippen LogP contribution in [-0.4, -0.2) is 34.6 Å². The van der Waals surface area contributed by atoms with Gasteiger partial charge in [-0.1, -0.05) is 41.9 Å². The molecule has 0 saturated carbocycles. The van der Waals surface area contributed by atoms with E-state index in [1.54, 1.807) is 48.5 Å². The third-order valence-corrected chi connectivity index (χ3v) is 6.36. The second kappa shape index (κ2) is 9.85. The van der Waals surface area contributed by atoms with Crippen molar-refractivity contribution in [2.45, 2.75) is 19.3 Å². The molecule has 0 aliphatic heterocycles. The van der Waals surface area contributed by atoms with Gasteiger partial charge in [0.1, 0.15) is 5.82 Å². The van der Waals surface area contributed by atoms with Gasteiger partial charge in [0.25, 0.3) is 0 Å². The number of aliphatic hydroxyl groups excluding tert-OH is 1. The molecule has 0 aromatic heterocycles. The molecule has 3 aromatic carbocycles. The van der Waals surface area contributed by atoms with Gasteiger partial charge in [0.2, 0.25) is 0 Å². The van der Waals surface area contributed by atoms with Crippen molar-refractivity contribution in [3.63, 3.8) is 0 Å². The van der Waals surface area contributed by atoms with Gasteiger partial charge >= 0.3 is 12.0 Å². The first-order valence-corrected chi connectivity index (χ1v) is 11.2. The zero-order valence-electron chi connectivity index (χ0n) is 18.5. The number of anilines is 2.